The molecule has 1 aromatic heterocycles. The lowest BCUT2D eigenvalue weighted by atomic mass is 10.2. The minimum absolute atomic E-state index is 0.202. The van der Waals surface area contributed by atoms with Crippen LogP contribution in [0.15, 0.2) is 12.1 Å². The predicted molar refractivity (Wildman–Crippen MR) is 58.2 cm³/mol. The van der Waals surface area contributed by atoms with E-state index in [1.165, 1.54) is 12.8 Å². The minimum atomic E-state index is -0.202. The van der Waals surface area contributed by atoms with Crippen molar-refractivity contribution in [1.29, 1.82) is 0 Å². The van der Waals surface area contributed by atoms with Gasteiger partial charge in [-0.25, -0.2) is 0 Å². The summed E-state index contributed by atoms with van der Waals surface area (Å²) in [4.78, 5) is 11.5. The Morgan fingerprint density at radius 1 is 1.50 bits per heavy atom. The molecule has 1 saturated carbocycles. The zero-order valence-electron chi connectivity index (χ0n) is 9.27. The molecule has 0 radical (unpaired) electrons. The van der Waals surface area contributed by atoms with Gasteiger partial charge in [-0.2, -0.15) is 5.10 Å². The third-order valence-electron chi connectivity index (χ3n) is 2.51. The highest BCUT2D eigenvalue weighted by atomic mass is 16.5. The summed E-state index contributed by atoms with van der Waals surface area (Å²) in [6.07, 6.45) is 2.38. The van der Waals surface area contributed by atoms with Crippen molar-refractivity contribution in [3.63, 3.8) is 0 Å². The van der Waals surface area contributed by atoms with Crippen molar-refractivity contribution in [2.45, 2.75) is 18.8 Å². The zero-order chi connectivity index (χ0) is 11.4. The minimum Gasteiger partial charge on any atom is -0.383 e. The van der Waals surface area contributed by atoms with Crippen molar-refractivity contribution in [2.75, 3.05) is 20.3 Å². The summed E-state index contributed by atoms with van der Waals surface area (Å²) in [7, 11) is 1.59. The molecule has 1 aromatic rings. The van der Waals surface area contributed by atoms with Gasteiger partial charge in [-0.05, 0) is 25.0 Å². The van der Waals surface area contributed by atoms with E-state index < -0.39 is 0 Å². The van der Waals surface area contributed by atoms with E-state index in [1.54, 1.807) is 13.2 Å². The molecular weight excluding hydrogens is 206 g/mol. The van der Waals surface area contributed by atoms with Crippen LogP contribution in [0.5, 0.6) is 0 Å². The van der Waals surface area contributed by atoms with E-state index in [2.05, 4.69) is 15.5 Å². The van der Waals surface area contributed by atoms with E-state index in [1.807, 2.05) is 6.07 Å². The molecule has 2 rings (SSSR count). The maximum absolute atomic E-state index is 11.5. The average Bonchev–Trinajstić information content (AvgIpc) is 3.13. The second-order valence-corrected chi connectivity index (χ2v) is 3.87. The number of hydrogen-bond donors (Lipinski definition) is 1. The summed E-state index contributed by atoms with van der Waals surface area (Å²) in [5.74, 6) is 0.366. The number of rotatable bonds is 5. The lowest BCUT2D eigenvalue weighted by Gasteiger charge is -2.03. The number of nitrogens with one attached hydrogen (secondary N) is 1. The number of amides is 1. The molecule has 5 nitrogen and oxygen atoms in total. The van der Waals surface area contributed by atoms with Crippen LogP contribution in [0, 0.1) is 0 Å². The number of ether oxygens (including phenoxy) is 1. The number of nitrogens with zero attached hydrogens (tertiary/aromatic N) is 2. The Morgan fingerprint density at radius 2 is 2.31 bits per heavy atom. The molecule has 1 N–H and O–H groups in total. The number of carbonyl (C=O) groups is 1. The maximum atomic E-state index is 11.5. The molecule has 1 aliphatic carbocycles. The van der Waals surface area contributed by atoms with Crippen molar-refractivity contribution >= 4 is 5.91 Å². The van der Waals surface area contributed by atoms with Crippen molar-refractivity contribution in [2.24, 2.45) is 0 Å². The van der Waals surface area contributed by atoms with E-state index in [4.69, 9.17) is 4.74 Å². The van der Waals surface area contributed by atoms with Crippen molar-refractivity contribution in [3.05, 3.63) is 23.5 Å². The van der Waals surface area contributed by atoms with Gasteiger partial charge in [0.05, 0.1) is 12.3 Å². The highest BCUT2D eigenvalue weighted by molar-refractivity contribution is 5.91. The molecular formula is C11H15N3O2. The van der Waals surface area contributed by atoms with Crippen LogP contribution in [0.4, 0.5) is 0 Å². The number of methoxy groups -OCH3 is 1. The monoisotopic (exact) mass is 221 g/mol. The van der Waals surface area contributed by atoms with Gasteiger partial charge in [0.2, 0.25) is 0 Å². The Hall–Kier alpha value is -1.49. The topological polar surface area (TPSA) is 64.1 Å². The van der Waals surface area contributed by atoms with E-state index in [-0.39, 0.29) is 5.91 Å². The molecule has 86 valence electrons. The van der Waals surface area contributed by atoms with Crippen molar-refractivity contribution < 1.29 is 9.53 Å². The van der Waals surface area contributed by atoms with Crippen LogP contribution in [0.2, 0.25) is 0 Å². The van der Waals surface area contributed by atoms with Crippen LogP contribution < -0.4 is 5.32 Å². The van der Waals surface area contributed by atoms with Gasteiger partial charge in [0.1, 0.15) is 0 Å². The second-order valence-electron chi connectivity index (χ2n) is 3.87. The Balaban J connectivity index is 1.90. The summed E-state index contributed by atoms with van der Waals surface area (Å²) in [5, 5.41) is 10.7. The molecule has 0 bridgehead atoms. The number of hydrogen-bond acceptors (Lipinski definition) is 4. The molecule has 1 heterocycles. The van der Waals surface area contributed by atoms with Gasteiger partial charge >= 0.3 is 0 Å². The van der Waals surface area contributed by atoms with Gasteiger partial charge in [-0.3, -0.25) is 4.79 Å². The first-order valence-electron chi connectivity index (χ1n) is 5.42. The molecule has 16 heavy (non-hydrogen) atoms. The first kappa shape index (κ1) is 11.0. The summed E-state index contributed by atoms with van der Waals surface area (Å²) in [6, 6.07) is 3.61. The largest absolute Gasteiger partial charge is 0.383 e. The third kappa shape index (κ3) is 2.76. The second kappa shape index (κ2) is 5.03. The van der Waals surface area contributed by atoms with Crippen LogP contribution in [0.25, 0.3) is 0 Å². The normalized spacial score (nSPS) is 14.8. The van der Waals surface area contributed by atoms with Gasteiger partial charge in [0.15, 0.2) is 5.69 Å². The van der Waals surface area contributed by atoms with Gasteiger partial charge < -0.3 is 10.1 Å². The molecule has 1 fully saturated rings. The van der Waals surface area contributed by atoms with E-state index in [9.17, 15) is 4.79 Å². The molecule has 0 unspecified atom stereocenters. The molecule has 1 aliphatic rings. The zero-order valence-corrected chi connectivity index (χ0v) is 9.27. The number of carbonyl (C=O) groups excluding carboxylic acids is 1. The SMILES string of the molecule is COCCNC(=O)c1ccc(C2CC2)nn1. The standard InChI is InChI=1S/C11H15N3O2/c1-16-7-6-12-11(15)10-5-4-9(13-14-10)8-2-3-8/h4-5,8H,2-3,6-7H2,1H3,(H,12,15). The smallest absolute Gasteiger partial charge is 0.271 e. The maximum Gasteiger partial charge on any atom is 0.271 e. The Labute approximate surface area is 94.2 Å². The molecule has 0 spiro atoms. The molecule has 0 saturated heterocycles. The predicted octanol–water partition coefficient (Wildman–Crippen LogP) is 0.730. The summed E-state index contributed by atoms with van der Waals surface area (Å²) in [5.41, 5.74) is 1.36. The first-order chi connectivity index (χ1) is 7.81. The average molecular weight is 221 g/mol. The van der Waals surface area contributed by atoms with E-state index >= 15 is 0 Å². The summed E-state index contributed by atoms with van der Waals surface area (Å²) in [6.45, 7) is 0.987. The molecule has 5 heteroatoms. The molecule has 0 aromatic carbocycles. The molecule has 0 aliphatic heterocycles. The van der Waals surface area contributed by atoms with E-state index in [0.29, 0.717) is 24.8 Å². The van der Waals surface area contributed by atoms with Gasteiger partial charge in [0.25, 0.3) is 5.91 Å². The summed E-state index contributed by atoms with van der Waals surface area (Å²) >= 11 is 0. The van der Waals surface area contributed by atoms with Gasteiger partial charge in [-0.15, -0.1) is 5.10 Å². The van der Waals surface area contributed by atoms with Crippen LogP contribution >= 0.6 is 0 Å². The lowest BCUT2D eigenvalue weighted by Crippen LogP contribution is -2.27. The highest BCUT2D eigenvalue weighted by Gasteiger charge is 2.25. The fraction of sp³-hybridized carbons (Fsp3) is 0.545. The van der Waals surface area contributed by atoms with Crippen molar-refractivity contribution in [3.8, 4) is 0 Å². The first-order valence-corrected chi connectivity index (χ1v) is 5.42. The third-order valence-corrected chi connectivity index (χ3v) is 2.51. The Kier molecular flexibility index (Phi) is 3.46. The fourth-order valence-corrected chi connectivity index (χ4v) is 1.42. The van der Waals surface area contributed by atoms with Crippen LogP contribution in [0.1, 0.15) is 34.9 Å². The fourth-order valence-electron chi connectivity index (χ4n) is 1.42. The van der Waals surface area contributed by atoms with Crippen molar-refractivity contribution in [1.82, 2.24) is 15.5 Å². The Morgan fingerprint density at radius 3 is 2.88 bits per heavy atom. The number of aromatic nitrogens is 2. The quantitative estimate of drug-likeness (QED) is 0.744. The van der Waals surface area contributed by atoms with Gasteiger partial charge in [-0.1, -0.05) is 0 Å². The summed E-state index contributed by atoms with van der Waals surface area (Å²) < 4.78 is 4.84. The highest BCUT2D eigenvalue weighted by Crippen LogP contribution is 2.38. The molecule has 0 atom stereocenters. The van der Waals surface area contributed by atoms with Crippen LogP contribution in [0.3, 0.4) is 0 Å². The van der Waals surface area contributed by atoms with Gasteiger partial charge in [0, 0.05) is 19.6 Å². The van der Waals surface area contributed by atoms with E-state index in [0.717, 1.165) is 5.69 Å². The molecule has 1 amide bonds. The lowest BCUT2D eigenvalue weighted by molar-refractivity contribution is 0.0931. The van der Waals surface area contributed by atoms with Crippen LogP contribution in [-0.2, 0) is 4.74 Å². The van der Waals surface area contributed by atoms with Crippen LogP contribution in [-0.4, -0.2) is 36.4 Å². The Bertz CT molecular complexity index is 360.